The first-order valence-electron chi connectivity index (χ1n) is 9.27. The monoisotopic (exact) mass is 363 g/mol. The third-order valence-corrected chi connectivity index (χ3v) is 4.83. The Morgan fingerprint density at radius 3 is 2.26 bits per heavy atom. The van der Waals surface area contributed by atoms with Crippen molar-refractivity contribution in [3.8, 4) is 0 Å². The molecular weight excluding hydrogens is 336 g/mol. The van der Waals surface area contributed by atoms with Crippen LogP contribution in [0.25, 0.3) is 0 Å². The molecule has 0 unspecified atom stereocenters. The van der Waals surface area contributed by atoms with E-state index in [9.17, 15) is 4.79 Å². The molecule has 2 atom stereocenters. The number of amides is 1. The van der Waals surface area contributed by atoms with E-state index >= 15 is 0 Å². The van der Waals surface area contributed by atoms with Crippen LogP contribution in [0.15, 0.2) is 65.3 Å². The third-order valence-electron chi connectivity index (χ3n) is 4.83. The van der Waals surface area contributed by atoms with Gasteiger partial charge in [0.2, 0.25) is 0 Å². The van der Waals surface area contributed by atoms with Gasteiger partial charge in [0, 0.05) is 11.3 Å². The normalized spacial score (nSPS) is 13.2. The summed E-state index contributed by atoms with van der Waals surface area (Å²) in [4.78, 5) is 12.9. The number of hydrogen-bond donors (Lipinski definition) is 2. The van der Waals surface area contributed by atoms with Gasteiger partial charge in [-0.25, -0.2) is 0 Å². The Bertz CT molecular complexity index is 878. The molecule has 0 saturated carbocycles. The Morgan fingerprint density at radius 1 is 1.00 bits per heavy atom. The number of hydrogen-bond acceptors (Lipinski definition) is 2. The van der Waals surface area contributed by atoms with Crippen LogP contribution in [0.4, 0.5) is 5.69 Å². The van der Waals surface area contributed by atoms with Crippen molar-refractivity contribution in [1.29, 1.82) is 0 Å². The van der Waals surface area contributed by atoms with Gasteiger partial charge in [-0.15, -0.1) is 0 Å². The molecule has 140 valence electrons. The highest BCUT2D eigenvalue weighted by Gasteiger charge is 2.27. The molecule has 0 saturated heterocycles. The Balaban J connectivity index is 1.78. The minimum atomic E-state index is -0.277. The SMILES string of the molecule is Cc1cc(C)c(NC(=O)[C@@H](C)[NH2+][C@H](c2ccccc2)c2ccco2)c(C)c1. The van der Waals surface area contributed by atoms with Gasteiger partial charge in [0.25, 0.3) is 5.91 Å². The fraction of sp³-hybridized carbons (Fsp3) is 0.261. The average molecular weight is 363 g/mol. The fourth-order valence-electron chi connectivity index (χ4n) is 3.49. The summed E-state index contributed by atoms with van der Waals surface area (Å²) >= 11 is 0. The highest BCUT2D eigenvalue weighted by atomic mass is 16.3. The van der Waals surface area contributed by atoms with Crippen molar-refractivity contribution in [2.75, 3.05) is 5.32 Å². The van der Waals surface area contributed by atoms with Gasteiger partial charge in [0.15, 0.2) is 17.8 Å². The van der Waals surface area contributed by atoms with Gasteiger partial charge in [-0.05, 0) is 51.0 Å². The zero-order chi connectivity index (χ0) is 19.4. The molecule has 0 aliphatic rings. The van der Waals surface area contributed by atoms with Crippen molar-refractivity contribution in [3.63, 3.8) is 0 Å². The Morgan fingerprint density at radius 2 is 1.67 bits per heavy atom. The Hall–Kier alpha value is -2.85. The molecule has 0 spiro atoms. The number of quaternary nitrogens is 1. The van der Waals surface area contributed by atoms with Crippen LogP contribution < -0.4 is 10.6 Å². The zero-order valence-electron chi connectivity index (χ0n) is 16.3. The average Bonchev–Trinajstić information content (AvgIpc) is 3.17. The molecule has 1 aromatic heterocycles. The molecule has 0 aliphatic carbocycles. The van der Waals surface area contributed by atoms with Gasteiger partial charge < -0.3 is 15.1 Å². The molecule has 4 heteroatoms. The number of carbonyl (C=O) groups is 1. The lowest BCUT2D eigenvalue weighted by Crippen LogP contribution is -2.92. The van der Waals surface area contributed by atoms with Gasteiger partial charge in [-0.3, -0.25) is 4.79 Å². The lowest BCUT2D eigenvalue weighted by Gasteiger charge is -2.20. The lowest BCUT2D eigenvalue weighted by atomic mass is 10.0. The Kier molecular flexibility index (Phi) is 5.77. The first kappa shape index (κ1) is 18.9. The predicted molar refractivity (Wildman–Crippen MR) is 108 cm³/mol. The fourth-order valence-corrected chi connectivity index (χ4v) is 3.49. The van der Waals surface area contributed by atoms with Gasteiger partial charge in [0.1, 0.15) is 0 Å². The van der Waals surface area contributed by atoms with Crippen LogP contribution in [0.5, 0.6) is 0 Å². The van der Waals surface area contributed by atoms with E-state index in [2.05, 4.69) is 36.5 Å². The van der Waals surface area contributed by atoms with Crippen molar-refractivity contribution in [2.24, 2.45) is 0 Å². The molecule has 1 heterocycles. The molecule has 3 N–H and O–H groups in total. The molecule has 2 aromatic carbocycles. The number of nitrogens with two attached hydrogens (primary N) is 1. The van der Waals surface area contributed by atoms with Crippen molar-refractivity contribution in [2.45, 2.75) is 39.8 Å². The lowest BCUT2D eigenvalue weighted by molar-refractivity contribution is -0.706. The molecule has 3 aromatic rings. The number of benzene rings is 2. The number of carbonyl (C=O) groups excluding carboxylic acids is 1. The van der Waals surface area contributed by atoms with E-state index in [1.165, 1.54) is 5.56 Å². The molecule has 0 aliphatic heterocycles. The molecule has 4 nitrogen and oxygen atoms in total. The quantitative estimate of drug-likeness (QED) is 0.698. The maximum atomic E-state index is 12.9. The van der Waals surface area contributed by atoms with Crippen molar-refractivity contribution in [1.82, 2.24) is 0 Å². The molecule has 0 fully saturated rings. The topological polar surface area (TPSA) is 58.9 Å². The second-order valence-electron chi connectivity index (χ2n) is 7.15. The number of nitrogens with one attached hydrogen (secondary N) is 1. The Labute approximate surface area is 160 Å². The highest BCUT2D eigenvalue weighted by Crippen LogP contribution is 2.22. The number of anilines is 1. The maximum Gasteiger partial charge on any atom is 0.282 e. The van der Waals surface area contributed by atoms with Crippen molar-refractivity contribution in [3.05, 3.63) is 88.9 Å². The number of rotatable bonds is 6. The van der Waals surface area contributed by atoms with E-state index in [1.54, 1.807) is 6.26 Å². The smallest absolute Gasteiger partial charge is 0.282 e. The first-order valence-corrected chi connectivity index (χ1v) is 9.27. The van der Waals surface area contributed by atoms with Crippen LogP contribution in [0, 0.1) is 20.8 Å². The van der Waals surface area contributed by atoms with Crippen molar-refractivity contribution < 1.29 is 14.5 Å². The van der Waals surface area contributed by atoms with Crippen LogP contribution in [-0.2, 0) is 4.79 Å². The predicted octanol–water partition coefficient (Wildman–Crippen LogP) is 3.88. The van der Waals surface area contributed by atoms with Crippen LogP contribution >= 0.6 is 0 Å². The van der Waals surface area contributed by atoms with E-state index in [-0.39, 0.29) is 18.0 Å². The van der Waals surface area contributed by atoms with E-state index in [0.29, 0.717) is 0 Å². The molecule has 1 amide bonds. The van der Waals surface area contributed by atoms with E-state index in [0.717, 1.165) is 28.1 Å². The summed E-state index contributed by atoms with van der Waals surface area (Å²) in [6, 6.07) is 17.8. The van der Waals surface area contributed by atoms with E-state index in [4.69, 9.17) is 4.42 Å². The highest BCUT2D eigenvalue weighted by molar-refractivity contribution is 5.95. The minimum Gasteiger partial charge on any atom is -0.463 e. The summed E-state index contributed by atoms with van der Waals surface area (Å²) in [5, 5.41) is 5.15. The summed E-state index contributed by atoms with van der Waals surface area (Å²) in [7, 11) is 0. The summed E-state index contributed by atoms with van der Waals surface area (Å²) in [6.45, 7) is 8.04. The largest absolute Gasteiger partial charge is 0.463 e. The van der Waals surface area contributed by atoms with Gasteiger partial charge in [0.05, 0.1) is 6.26 Å². The standard InChI is InChI=1S/C23H26N2O2/c1-15-13-16(2)21(17(3)14-15)25-23(26)18(4)24-22(20-11-8-12-27-20)19-9-6-5-7-10-19/h5-14,18,22,24H,1-4H3,(H,25,26)/p+1/t18-,22-/m1/s1. The number of furan rings is 1. The summed E-state index contributed by atoms with van der Waals surface area (Å²) < 4.78 is 5.64. The van der Waals surface area contributed by atoms with Crippen molar-refractivity contribution >= 4 is 11.6 Å². The minimum absolute atomic E-state index is 0.0162. The third kappa shape index (κ3) is 4.47. The molecule has 27 heavy (non-hydrogen) atoms. The van der Waals surface area contributed by atoms with E-state index in [1.807, 2.05) is 56.4 Å². The molecule has 0 radical (unpaired) electrons. The molecule has 3 rings (SSSR count). The summed E-state index contributed by atoms with van der Waals surface area (Å²) in [6.07, 6.45) is 1.67. The van der Waals surface area contributed by atoms with Gasteiger partial charge in [-0.2, -0.15) is 0 Å². The van der Waals surface area contributed by atoms with Crippen LogP contribution in [0.3, 0.4) is 0 Å². The van der Waals surface area contributed by atoms with Gasteiger partial charge >= 0.3 is 0 Å². The number of aryl methyl sites for hydroxylation is 3. The van der Waals surface area contributed by atoms with Crippen LogP contribution in [0.2, 0.25) is 0 Å². The zero-order valence-corrected chi connectivity index (χ0v) is 16.3. The molecular formula is C23H27N2O2+. The van der Waals surface area contributed by atoms with E-state index < -0.39 is 0 Å². The molecule has 0 bridgehead atoms. The second kappa shape index (κ2) is 8.23. The summed E-state index contributed by atoms with van der Waals surface area (Å²) in [5.74, 6) is 0.820. The van der Waals surface area contributed by atoms with Crippen LogP contribution in [0.1, 0.15) is 41.0 Å². The summed E-state index contributed by atoms with van der Waals surface area (Å²) in [5.41, 5.74) is 5.37. The first-order chi connectivity index (χ1) is 13.0. The van der Waals surface area contributed by atoms with Gasteiger partial charge in [-0.1, -0.05) is 48.0 Å². The van der Waals surface area contributed by atoms with Crippen LogP contribution in [-0.4, -0.2) is 11.9 Å². The maximum absolute atomic E-state index is 12.9. The second-order valence-corrected chi connectivity index (χ2v) is 7.15.